The fourth-order valence-electron chi connectivity index (χ4n) is 2.95. The fraction of sp³-hybridized carbons (Fsp3) is 0.316. The van der Waals surface area contributed by atoms with E-state index in [9.17, 15) is 4.79 Å². The molecule has 2 aromatic heterocycles. The van der Waals surface area contributed by atoms with Gasteiger partial charge in [-0.05, 0) is 23.1 Å². The van der Waals surface area contributed by atoms with Crippen molar-refractivity contribution in [2.24, 2.45) is 0 Å². The fourth-order valence-corrected chi connectivity index (χ4v) is 3.80. The third-order valence-electron chi connectivity index (χ3n) is 4.22. The van der Waals surface area contributed by atoms with E-state index < -0.39 is 0 Å². The summed E-state index contributed by atoms with van der Waals surface area (Å²) in [6.45, 7) is 4.74. The van der Waals surface area contributed by atoms with Crippen LogP contribution in [0.15, 0.2) is 35.7 Å². The topological polar surface area (TPSA) is 64.5 Å². The second kappa shape index (κ2) is 7.39. The van der Waals surface area contributed by atoms with Crippen molar-refractivity contribution in [3.8, 4) is 11.4 Å². The molecule has 7 heteroatoms. The Bertz CT molecular complexity index is 935. The van der Waals surface area contributed by atoms with E-state index in [0.717, 1.165) is 40.3 Å². The first-order chi connectivity index (χ1) is 12.7. The second-order valence-corrected chi connectivity index (χ2v) is 7.00. The van der Waals surface area contributed by atoms with Crippen LogP contribution in [0.4, 0.5) is 5.82 Å². The molecule has 1 saturated heterocycles. The molecule has 0 radical (unpaired) electrons. The standard InChI is InChI=1S/C19H19N3O3S/c1-13(23)25-12-14-3-2-4-15(11-14)18-20-16-5-10-26-17(16)19(21-18)22-6-8-24-9-7-22/h2-5,10-11H,6-9,12H2,1H3. The van der Waals surface area contributed by atoms with E-state index in [1.54, 1.807) is 11.3 Å². The highest BCUT2D eigenvalue weighted by atomic mass is 32.1. The Balaban J connectivity index is 1.72. The van der Waals surface area contributed by atoms with Gasteiger partial charge in [-0.25, -0.2) is 9.97 Å². The molecule has 1 aliphatic rings. The first kappa shape index (κ1) is 16.9. The minimum atomic E-state index is -0.291. The molecule has 1 aromatic carbocycles. The first-order valence-corrected chi connectivity index (χ1v) is 9.39. The summed E-state index contributed by atoms with van der Waals surface area (Å²) in [4.78, 5) is 22.9. The number of benzene rings is 1. The Morgan fingerprint density at radius 3 is 2.92 bits per heavy atom. The number of anilines is 1. The molecule has 0 spiro atoms. The lowest BCUT2D eigenvalue weighted by molar-refractivity contribution is -0.142. The molecule has 0 aliphatic carbocycles. The van der Waals surface area contributed by atoms with Gasteiger partial charge in [0, 0.05) is 25.6 Å². The maximum atomic E-state index is 11.0. The number of hydrogen-bond donors (Lipinski definition) is 0. The Labute approximate surface area is 155 Å². The van der Waals surface area contributed by atoms with Crippen molar-refractivity contribution in [1.29, 1.82) is 0 Å². The zero-order valence-electron chi connectivity index (χ0n) is 14.5. The molecule has 0 saturated carbocycles. The smallest absolute Gasteiger partial charge is 0.302 e. The predicted molar refractivity (Wildman–Crippen MR) is 101 cm³/mol. The van der Waals surface area contributed by atoms with Gasteiger partial charge in [-0.2, -0.15) is 0 Å². The van der Waals surface area contributed by atoms with Crippen molar-refractivity contribution in [2.45, 2.75) is 13.5 Å². The van der Waals surface area contributed by atoms with Crippen LogP contribution in [-0.2, 0) is 20.9 Å². The van der Waals surface area contributed by atoms with E-state index in [4.69, 9.17) is 19.4 Å². The lowest BCUT2D eigenvalue weighted by atomic mass is 10.1. The number of nitrogens with zero attached hydrogens (tertiary/aromatic N) is 3. The van der Waals surface area contributed by atoms with Crippen molar-refractivity contribution >= 4 is 33.3 Å². The summed E-state index contributed by atoms with van der Waals surface area (Å²) in [5.74, 6) is 1.36. The highest BCUT2D eigenvalue weighted by Gasteiger charge is 2.18. The Morgan fingerprint density at radius 1 is 1.27 bits per heavy atom. The molecule has 0 amide bonds. The van der Waals surface area contributed by atoms with Crippen LogP contribution in [-0.4, -0.2) is 42.2 Å². The minimum absolute atomic E-state index is 0.250. The minimum Gasteiger partial charge on any atom is -0.461 e. The Hall–Kier alpha value is -2.51. The molecule has 1 aliphatic heterocycles. The van der Waals surface area contributed by atoms with Crippen LogP contribution in [0, 0.1) is 0 Å². The molecular formula is C19H19N3O3S. The first-order valence-electron chi connectivity index (χ1n) is 8.51. The molecule has 0 unspecified atom stereocenters. The average molecular weight is 369 g/mol. The summed E-state index contributed by atoms with van der Waals surface area (Å²) in [5, 5.41) is 2.05. The summed E-state index contributed by atoms with van der Waals surface area (Å²) in [7, 11) is 0. The van der Waals surface area contributed by atoms with E-state index in [0.29, 0.717) is 19.0 Å². The van der Waals surface area contributed by atoms with Gasteiger partial charge >= 0.3 is 5.97 Å². The predicted octanol–water partition coefficient (Wildman–Crippen LogP) is 3.26. The number of fused-ring (bicyclic) bond motifs is 1. The van der Waals surface area contributed by atoms with Gasteiger partial charge in [0.05, 0.1) is 23.4 Å². The normalized spacial score (nSPS) is 14.6. The molecule has 3 heterocycles. The molecule has 1 fully saturated rings. The molecule has 0 atom stereocenters. The van der Waals surface area contributed by atoms with Crippen LogP contribution in [0.5, 0.6) is 0 Å². The highest BCUT2D eigenvalue weighted by Crippen LogP contribution is 2.32. The maximum absolute atomic E-state index is 11.0. The van der Waals surface area contributed by atoms with Crippen molar-refractivity contribution < 1.29 is 14.3 Å². The number of morpholine rings is 1. The van der Waals surface area contributed by atoms with E-state index >= 15 is 0 Å². The second-order valence-electron chi connectivity index (χ2n) is 6.09. The van der Waals surface area contributed by atoms with Crippen LogP contribution < -0.4 is 4.90 Å². The molecule has 0 bridgehead atoms. The summed E-state index contributed by atoms with van der Waals surface area (Å²) in [5.41, 5.74) is 2.78. The molecule has 134 valence electrons. The highest BCUT2D eigenvalue weighted by molar-refractivity contribution is 7.17. The number of aromatic nitrogens is 2. The van der Waals surface area contributed by atoms with Crippen LogP contribution in [0.2, 0.25) is 0 Å². The van der Waals surface area contributed by atoms with Gasteiger partial charge in [-0.15, -0.1) is 11.3 Å². The summed E-state index contributed by atoms with van der Waals surface area (Å²) in [6.07, 6.45) is 0. The molecule has 4 rings (SSSR count). The number of rotatable bonds is 4. The van der Waals surface area contributed by atoms with Gasteiger partial charge < -0.3 is 14.4 Å². The lowest BCUT2D eigenvalue weighted by Crippen LogP contribution is -2.36. The zero-order chi connectivity index (χ0) is 17.9. The van der Waals surface area contributed by atoms with Gasteiger partial charge in [-0.1, -0.05) is 18.2 Å². The third-order valence-corrected chi connectivity index (χ3v) is 5.12. The number of carbonyl (C=O) groups excluding carboxylic acids is 1. The van der Waals surface area contributed by atoms with Crippen LogP contribution >= 0.6 is 11.3 Å². The lowest BCUT2D eigenvalue weighted by Gasteiger charge is -2.28. The van der Waals surface area contributed by atoms with Crippen molar-refractivity contribution in [2.75, 3.05) is 31.2 Å². The number of ether oxygens (including phenoxy) is 2. The summed E-state index contributed by atoms with van der Waals surface area (Å²) < 4.78 is 11.7. The van der Waals surface area contributed by atoms with Gasteiger partial charge in [0.15, 0.2) is 11.6 Å². The molecule has 6 nitrogen and oxygen atoms in total. The van der Waals surface area contributed by atoms with Gasteiger partial charge in [0.1, 0.15) is 6.61 Å². The van der Waals surface area contributed by atoms with Crippen LogP contribution in [0.3, 0.4) is 0 Å². The molecule has 0 N–H and O–H groups in total. The SMILES string of the molecule is CC(=O)OCc1cccc(-c2nc(N3CCOCC3)c3sccc3n2)c1. The van der Waals surface area contributed by atoms with Gasteiger partial charge in [0.25, 0.3) is 0 Å². The third kappa shape index (κ3) is 3.54. The zero-order valence-corrected chi connectivity index (χ0v) is 15.3. The Morgan fingerprint density at radius 2 is 2.12 bits per heavy atom. The van der Waals surface area contributed by atoms with Crippen molar-refractivity contribution in [3.63, 3.8) is 0 Å². The molecule has 3 aromatic rings. The van der Waals surface area contributed by atoms with Crippen molar-refractivity contribution in [1.82, 2.24) is 9.97 Å². The summed E-state index contributed by atoms with van der Waals surface area (Å²) >= 11 is 1.66. The van der Waals surface area contributed by atoms with E-state index in [2.05, 4.69) is 4.90 Å². The summed E-state index contributed by atoms with van der Waals surface area (Å²) in [6, 6.07) is 9.84. The number of esters is 1. The van der Waals surface area contributed by atoms with E-state index in [1.165, 1.54) is 6.92 Å². The average Bonchev–Trinajstić information content (AvgIpc) is 3.15. The van der Waals surface area contributed by atoms with E-state index in [-0.39, 0.29) is 12.6 Å². The van der Waals surface area contributed by atoms with Gasteiger partial charge in [-0.3, -0.25) is 4.79 Å². The van der Waals surface area contributed by atoms with Crippen LogP contribution in [0.25, 0.3) is 21.6 Å². The van der Waals surface area contributed by atoms with Gasteiger partial charge in [0.2, 0.25) is 0 Å². The number of carbonyl (C=O) groups is 1. The van der Waals surface area contributed by atoms with E-state index in [1.807, 2.05) is 35.7 Å². The largest absolute Gasteiger partial charge is 0.461 e. The monoisotopic (exact) mass is 369 g/mol. The number of thiophene rings is 1. The Kier molecular flexibility index (Phi) is 4.81. The van der Waals surface area contributed by atoms with Crippen molar-refractivity contribution in [3.05, 3.63) is 41.3 Å². The molecule has 26 heavy (non-hydrogen) atoms. The quantitative estimate of drug-likeness (QED) is 0.658. The van der Waals surface area contributed by atoms with Crippen LogP contribution in [0.1, 0.15) is 12.5 Å². The molecular weight excluding hydrogens is 350 g/mol. The maximum Gasteiger partial charge on any atom is 0.302 e. The number of hydrogen-bond acceptors (Lipinski definition) is 7.